The smallest absolute Gasteiger partial charge is 0.252 e. The van der Waals surface area contributed by atoms with Crippen LogP contribution in [0.15, 0.2) is 54.9 Å². The van der Waals surface area contributed by atoms with Crippen molar-refractivity contribution in [3.63, 3.8) is 0 Å². The van der Waals surface area contributed by atoms with Gasteiger partial charge in [0.25, 0.3) is 5.91 Å². The van der Waals surface area contributed by atoms with Crippen LogP contribution in [0.1, 0.15) is 23.7 Å². The van der Waals surface area contributed by atoms with Gasteiger partial charge in [-0.15, -0.1) is 0 Å². The third kappa shape index (κ3) is 3.26. The lowest BCUT2D eigenvalue weighted by atomic mass is 10.0. The molecule has 0 aliphatic carbocycles. The summed E-state index contributed by atoms with van der Waals surface area (Å²) in [7, 11) is 0. The number of amides is 1. The summed E-state index contributed by atoms with van der Waals surface area (Å²) >= 11 is 0. The summed E-state index contributed by atoms with van der Waals surface area (Å²) in [6.45, 7) is 1.84. The van der Waals surface area contributed by atoms with Crippen LogP contribution in [0.25, 0.3) is 22.2 Å². The van der Waals surface area contributed by atoms with Crippen molar-refractivity contribution in [2.45, 2.75) is 19.4 Å². The Hall–Kier alpha value is -2.79. The second-order valence-corrected chi connectivity index (χ2v) is 5.57. The van der Waals surface area contributed by atoms with Crippen molar-refractivity contribution in [1.29, 1.82) is 0 Å². The molecule has 0 fully saturated rings. The number of carbonyl (C=O) groups is 1. The van der Waals surface area contributed by atoms with Crippen molar-refractivity contribution in [3.8, 4) is 11.3 Å². The van der Waals surface area contributed by atoms with E-state index in [0.717, 1.165) is 22.2 Å². The Kier molecular flexibility index (Phi) is 4.82. The summed E-state index contributed by atoms with van der Waals surface area (Å²) in [5.41, 5.74) is 2.94. The topological polar surface area (TPSA) is 75.1 Å². The Morgan fingerprint density at radius 3 is 2.67 bits per heavy atom. The molecule has 1 aromatic carbocycles. The predicted octanol–water partition coefficient (Wildman–Crippen LogP) is 2.80. The van der Waals surface area contributed by atoms with Crippen LogP contribution in [0.4, 0.5) is 0 Å². The Bertz CT molecular complexity index is 846. The Morgan fingerprint density at radius 2 is 1.96 bits per heavy atom. The number of fused-ring (bicyclic) bond motifs is 1. The molecule has 24 heavy (non-hydrogen) atoms. The van der Waals surface area contributed by atoms with Crippen LogP contribution in [0.3, 0.4) is 0 Å². The molecule has 0 radical (unpaired) electrons. The van der Waals surface area contributed by atoms with Gasteiger partial charge in [-0.3, -0.25) is 9.78 Å². The molecule has 0 saturated heterocycles. The second kappa shape index (κ2) is 7.19. The molecule has 1 amide bonds. The number of aliphatic hydroxyl groups excluding tert-OH is 1. The molecular formula is C19H19N3O2. The highest BCUT2D eigenvalue weighted by atomic mass is 16.3. The number of nitrogens with one attached hydrogen (secondary N) is 1. The number of rotatable bonds is 5. The number of para-hydroxylation sites is 1. The highest BCUT2D eigenvalue weighted by Crippen LogP contribution is 2.24. The van der Waals surface area contributed by atoms with Crippen LogP contribution in [0, 0.1) is 0 Å². The first-order valence-electron chi connectivity index (χ1n) is 7.94. The van der Waals surface area contributed by atoms with Crippen LogP contribution >= 0.6 is 0 Å². The SMILES string of the molecule is CCC(CO)NC(=O)c1cc(-c2ccncc2)nc2ccccc12. The first kappa shape index (κ1) is 16.1. The Labute approximate surface area is 140 Å². The molecule has 5 heteroatoms. The average molecular weight is 321 g/mol. The molecule has 122 valence electrons. The van der Waals surface area contributed by atoms with E-state index in [2.05, 4.69) is 15.3 Å². The van der Waals surface area contributed by atoms with Crippen LogP contribution in [0.2, 0.25) is 0 Å². The lowest BCUT2D eigenvalue weighted by Crippen LogP contribution is -2.37. The van der Waals surface area contributed by atoms with Gasteiger partial charge in [-0.2, -0.15) is 0 Å². The third-order valence-electron chi connectivity index (χ3n) is 3.99. The highest BCUT2D eigenvalue weighted by Gasteiger charge is 2.16. The van der Waals surface area contributed by atoms with Crippen molar-refractivity contribution in [1.82, 2.24) is 15.3 Å². The van der Waals surface area contributed by atoms with Gasteiger partial charge in [0.15, 0.2) is 0 Å². The summed E-state index contributed by atoms with van der Waals surface area (Å²) in [5, 5.41) is 13.0. The van der Waals surface area contributed by atoms with E-state index in [1.165, 1.54) is 0 Å². The van der Waals surface area contributed by atoms with E-state index < -0.39 is 0 Å². The van der Waals surface area contributed by atoms with Crippen molar-refractivity contribution >= 4 is 16.8 Å². The van der Waals surface area contributed by atoms with Gasteiger partial charge in [-0.05, 0) is 30.7 Å². The zero-order valence-electron chi connectivity index (χ0n) is 13.4. The van der Waals surface area contributed by atoms with Crippen molar-refractivity contribution in [2.75, 3.05) is 6.61 Å². The van der Waals surface area contributed by atoms with E-state index in [9.17, 15) is 9.90 Å². The first-order valence-corrected chi connectivity index (χ1v) is 7.94. The van der Waals surface area contributed by atoms with Crippen molar-refractivity contribution in [2.24, 2.45) is 0 Å². The average Bonchev–Trinajstić information content (AvgIpc) is 2.65. The van der Waals surface area contributed by atoms with Crippen LogP contribution in [0.5, 0.6) is 0 Å². The molecule has 0 spiro atoms. The minimum absolute atomic E-state index is 0.0809. The van der Waals surface area contributed by atoms with Crippen molar-refractivity contribution < 1.29 is 9.90 Å². The van der Waals surface area contributed by atoms with Gasteiger partial charge < -0.3 is 10.4 Å². The molecule has 0 saturated carbocycles. The third-order valence-corrected chi connectivity index (χ3v) is 3.99. The minimum Gasteiger partial charge on any atom is -0.394 e. The number of hydrogen-bond donors (Lipinski definition) is 2. The number of aliphatic hydroxyl groups is 1. The number of carbonyl (C=O) groups excluding carboxylic acids is 1. The monoisotopic (exact) mass is 321 g/mol. The number of pyridine rings is 2. The zero-order valence-corrected chi connectivity index (χ0v) is 13.4. The molecule has 2 aromatic heterocycles. The second-order valence-electron chi connectivity index (χ2n) is 5.57. The van der Waals surface area contributed by atoms with E-state index in [1.54, 1.807) is 18.5 Å². The minimum atomic E-state index is -0.256. The summed E-state index contributed by atoms with van der Waals surface area (Å²) in [6.07, 6.45) is 4.07. The Morgan fingerprint density at radius 1 is 1.21 bits per heavy atom. The lowest BCUT2D eigenvalue weighted by molar-refractivity contribution is 0.0916. The number of benzene rings is 1. The number of nitrogens with zero attached hydrogens (tertiary/aromatic N) is 2. The summed E-state index contributed by atoms with van der Waals surface area (Å²) < 4.78 is 0. The molecule has 1 unspecified atom stereocenters. The van der Waals surface area contributed by atoms with Crippen LogP contribution in [-0.4, -0.2) is 33.6 Å². The lowest BCUT2D eigenvalue weighted by Gasteiger charge is -2.15. The molecule has 3 aromatic rings. The zero-order chi connectivity index (χ0) is 16.9. The maximum atomic E-state index is 12.7. The van der Waals surface area contributed by atoms with Gasteiger partial charge in [-0.1, -0.05) is 25.1 Å². The van der Waals surface area contributed by atoms with Crippen LogP contribution in [-0.2, 0) is 0 Å². The molecule has 2 N–H and O–H groups in total. The number of hydrogen-bond acceptors (Lipinski definition) is 4. The van der Waals surface area contributed by atoms with E-state index in [4.69, 9.17) is 0 Å². The Balaban J connectivity index is 2.10. The largest absolute Gasteiger partial charge is 0.394 e. The van der Waals surface area contributed by atoms with Crippen LogP contribution < -0.4 is 5.32 Å². The maximum absolute atomic E-state index is 12.7. The van der Waals surface area contributed by atoms with Gasteiger partial charge in [0.2, 0.25) is 0 Å². The molecular weight excluding hydrogens is 302 g/mol. The van der Waals surface area contributed by atoms with Gasteiger partial charge in [0, 0.05) is 23.3 Å². The van der Waals surface area contributed by atoms with Gasteiger partial charge in [-0.25, -0.2) is 4.98 Å². The summed E-state index contributed by atoms with van der Waals surface area (Å²) in [4.78, 5) is 21.4. The molecule has 0 aliphatic heterocycles. The van der Waals surface area contributed by atoms with E-state index in [1.807, 2.05) is 43.3 Å². The quantitative estimate of drug-likeness (QED) is 0.758. The number of aromatic nitrogens is 2. The van der Waals surface area contributed by atoms with E-state index >= 15 is 0 Å². The normalized spacial score (nSPS) is 12.1. The molecule has 5 nitrogen and oxygen atoms in total. The molecule has 0 aliphatic rings. The highest BCUT2D eigenvalue weighted by molar-refractivity contribution is 6.07. The van der Waals surface area contributed by atoms with Crippen molar-refractivity contribution in [3.05, 3.63) is 60.4 Å². The summed E-state index contributed by atoms with van der Waals surface area (Å²) in [5.74, 6) is -0.204. The maximum Gasteiger partial charge on any atom is 0.252 e. The molecule has 3 rings (SSSR count). The fraction of sp³-hybridized carbons (Fsp3) is 0.211. The molecule has 0 bridgehead atoms. The fourth-order valence-corrected chi connectivity index (χ4v) is 2.57. The first-order chi connectivity index (χ1) is 11.7. The molecule has 1 atom stereocenters. The summed E-state index contributed by atoms with van der Waals surface area (Å²) in [6, 6.07) is 12.8. The standard InChI is InChI=1S/C19H19N3O2/c1-2-14(12-23)21-19(24)16-11-18(13-7-9-20-10-8-13)22-17-6-4-3-5-15(16)17/h3-11,14,23H,2,12H2,1H3,(H,21,24). The fourth-order valence-electron chi connectivity index (χ4n) is 2.57. The van der Waals surface area contributed by atoms with E-state index in [0.29, 0.717) is 12.0 Å². The predicted molar refractivity (Wildman–Crippen MR) is 93.6 cm³/mol. The van der Waals surface area contributed by atoms with Gasteiger partial charge in [0.05, 0.1) is 29.4 Å². The van der Waals surface area contributed by atoms with Gasteiger partial charge >= 0.3 is 0 Å². The van der Waals surface area contributed by atoms with E-state index in [-0.39, 0.29) is 18.6 Å². The molecule has 2 heterocycles. The van der Waals surface area contributed by atoms with Gasteiger partial charge in [0.1, 0.15) is 0 Å².